The Labute approximate surface area is 159 Å². The summed E-state index contributed by atoms with van der Waals surface area (Å²) in [6.07, 6.45) is 2.43. The van der Waals surface area contributed by atoms with Crippen LogP contribution in [0.25, 0.3) is 0 Å². The predicted octanol–water partition coefficient (Wildman–Crippen LogP) is 4.12. The van der Waals surface area contributed by atoms with Crippen LogP contribution in [-0.2, 0) is 4.74 Å². The molecule has 0 aromatic heterocycles. The fraction of sp³-hybridized carbons (Fsp3) is 0.632. The largest absolute Gasteiger partial charge is 0.496 e. The Kier molecular flexibility index (Phi) is 7.56. The Balaban J connectivity index is 2.40. The van der Waals surface area contributed by atoms with Gasteiger partial charge in [-0.3, -0.25) is 4.90 Å². The van der Waals surface area contributed by atoms with Crippen molar-refractivity contribution in [3.8, 4) is 11.5 Å². The van der Waals surface area contributed by atoms with Gasteiger partial charge in [-0.2, -0.15) is 0 Å². The first-order chi connectivity index (χ1) is 12.0. The van der Waals surface area contributed by atoms with Crippen LogP contribution in [0, 0.1) is 0 Å². The molecule has 0 amide bonds. The summed E-state index contributed by atoms with van der Waals surface area (Å²) < 4.78 is 18.0. The van der Waals surface area contributed by atoms with Gasteiger partial charge in [-0.15, -0.1) is 0 Å². The molecule has 1 aliphatic rings. The van der Waals surface area contributed by atoms with E-state index >= 15 is 0 Å². The zero-order valence-corrected chi connectivity index (χ0v) is 17.4. The monoisotopic (exact) mass is 412 g/mol. The zero-order chi connectivity index (χ0) is 18.4. The van der Waals surface area contributed by atoms with Crippen LogP contribution in [0.2, 0.25) is 0 Å². The van der Waals surface area contributed by atoms with Crippen LogP contribution in [-0.4, -0.2) is 56.8 Å². The van der Waals surface area contributed by atoms with Crippen molar-refractivity contribution in [1.29, 1.82) is 0 Å². The number of ether oxygens (including phenoxy) is 3. The van der Waals surface area contributed by atoms with Gasteiger partial charge in [-0.05, 0) is 67.8 Å². The Morgan fingerprint density at radius 3 is 2.68 bits per heavy atom. The molecule has 1 atom stereocenters. The van der Waals surface area contributed by atoms with Crippen LogP contribution in [0.1, 0.15) is 39.2 Å². The average molecular weight is 413 g/mol. The lowest BCUT2D eigenvalue weighted by Crippen LogP contribution is -2.32. The van der Waals surface area contributed by atoms with Crippen molar-refractivity contribution in [3.05, 3.63) is 22.2 Å². The van der Waals surface area contributed by atoms with Gasteiger partial charge in [0, 0.05) is 6.04 Å². The van der Waals surface area contributed by atoms with Crippen LogP contribution in [0.3, 0.4) is 0 Å². The lowest BCUT2D eigenvalue weighted by Gasteiger charge is -2.22. The number of benzene rings is 1. The minimum atomic E-state index is 0.0120. The molecule has 0 radical (unpaired) electrons. The number of aliphatic imine (C=N–C) groups is 1. The number of hydrogen-bond acceptors (Lipinski definition) is 5. The molecule has 1 aliphatic heterocycles. The lowest BCUT2D eigenvalue weighted by atomic mass is 10.1. The van der Waals surface area contributed by atoms with Crippen LogP contribution in [0.5, 0.6) is 11.5 Å². The number of likely N-dealkylation sites (N-methyl/N-ethyl adjacent to an activating group) is 1. The molecule has 2 rings (SSSR count). The lowest BCUT2D eigenvalue weighted by molar-refractivity contribution is 0.223. The van der Waals surface area contributed by atoms with Gasteiger partial charge in [0.25, 0.3) is 0 Å². The maximum absolute atomic E-state index is 6.06. The van der Waals surface area contributed by atoms with E-state index in [-0.39, 0.29) is 6.10 Å². The van der Waals surface area contributed by atoms with Gasteiger partial charge in [0.1, 0.15) is 17.1 Å². The Hall–Kier alpha value is -1.27. The highest BCUT2D eigenvalue weighted by Gasteiger charge is 2.25. The van der Waals surface area contributed by atoms with Crippen molar-refractivity contribution in [2.45, 2.75) is 45.8 Å². The maximum Gasteiger partial charge on any atom is 0.224 e. The highest BCUT2D eigenvalue weighted by Crippen LogP contribution is 2.36. The number of halogens is 1. The SMILES string of the molecule is CCN1CCCC1CN=C(OC(C)C)c1c(OC)ccc(Br)c1OC. The first-order valence-electron chi connectivity index (χ1n) is 8.87. The standard InChI is InChI=1S/C19H29BrN2O3/c1-6-22-11-7-8-14(22)12-21-19(25-13(2)3)17-16(23-4)10-9-15(20)18(17)24-5/h9-10,13-14H,6-8,11-12H2,1-5H3. The van der Waals surface area contributed by atoms with Crippen molar-refractivity contribution >= 4 is 21.8 Å². The van der Waals surface area contributed by atoms with Crippen LogP contribution < -0.4 is 9.47 Å². The minimum absolute atomic E-state index is 0.0120. The number of hydrogen-bond donors (Lipinski definition) is 0. The Morgan fingerprint density at radius 1 is 1.32 bits per heavy atom. The minimum Gasteiger partial charge on any atom is -0.496 e. The molecule has 1 aromatic rings. The second-order valence-corrected chi connectivity index (χ2v) is 7.25. The molecule has 0 aliphatic carbocycles. The van der Waals surface area contributed by atoms with E-state index in [1.807, 2.05) is 26.0 Å². The number of likely N-dealkylation sites (tertiary alicyclic amines) is 1. The van der Waals surface area contributed by atoms with E-state index in [2.05, 4.69) is 27.8 Å². The van der Waals surface area contributed by atoms with Crippen molar-refractivity contribution in [3.63, 3.8) is 0 Å². The van der Waals surface area contributed by atoms with Gasteiger partial charge in [0.05, 0.1) is 31.3 Å². The molecule has 0 saturated carbocycles. The van der Waals surface area contributed by atoms with Crippen molar-refractivity contribution in [1.82, 2.24) is 4.90 Å². The summed E-state index contributed by atoms with van der Waals surface area (Å²) in [4.78, 5) is 7.32. The Bertz CT molecular complexity index is 605. The molecule has 1 heterocycles. The number of rotatable bonds is 7. The van der Waals surface area contributed by atoms with E-state index in [4.69, 9.17) is 19.2 Å². The number of nitrogens with zero attached hydrogens (tertiary/aromatic N) is 2. The van der Waals surface area contributed by atoms with Crippen molar-refractivity contribution in [2.24, 2.45) is 4.99 Å². The van der Waals surface area contributed by atoms with Gasteiger partial charge in [-0.1, -0.05) is 6.92 Å². The van der Waals surface area contributed by atoms with Gasteiger partial charge in [-0.25, -0.2) is 4.99 Å². The first-order valence-corrected chi connectivity index (χ1v) is 9.67. The fourth-order valence-corrected chi connectivity index (χ4v) is 3.71. The van der Waals surface area contributed by atoms with Gasteiger partial charge in [0.2, 0.25) is 5.90 Å². The first kappa shape index (κ1) is 20.0. The third-order valence-corrected chi connectivity index (χ3v) is 5.03. The van der Waals surface area contributed by atoms with E-state index < -0.39 is 0 Å². The van der Waals surface area contributed by atoms with Crippen LogP contribution >= 0.6 is 15.9 Å². The fourth-order valence-electron chi connectivity index (χ4n) is 3.22. The van der Waals surface area contributed by atoms with Crippen LogP contribution in [0.15, 0.2) is 21.6 Å². The van der Waals surface area contributed by atoms with E-state index in [1.165, 1.54) is 12.8 Å². The summed E-state index contributed by atoms with van der Waals surface area (Å²) in [6, 6.07) is 4.28. The van der Waals surface area contributed by atoms with E-state index in [0.717, 1.165) is 23.1 Å². The molecule has 1 unspecified atom stereocenters. The molecular formula is C19H29BrN2O3. The quantitative estimate of drug-likeness (QED) is 0.498. The summed E-state index contributed by atoms with van der Waals surface area (Å²) in [5, 5.41) is 0. The highest BCUT2D eigenvalue weighted by atomic mass is 79.9. The van der Waals surface area contributed by atoms with E-state index in [9.17, 15) is 0 Å². The summed E-state index contributed by atoms with van der Waals surface area (Å²) >= 11 is 3.54. The summed E-state index contributed by atoms with van der Waals surface area (Å²) in [6.45, 7) is 9.13. The zero-order valence-electron chi connectivity index (χ0n) is 15.8. The topological polar surface area (TPSA) is 43.3 Å². The number of methoxy groups -OCH3 is 2. The molecule has 1 fully saturated rings. The molecule has 25 heavy (non-hydrogen) atoms. The van der Waals surface area contributed by atoms with Gasteiger partial charge >= 0.3 is 0 Å². The maximum atomic E-state index is 6.06. The van der Waals surface area contributed by atoms with E-state index in [0.29, 0.717) is 30.0 Å². The van der Waals surface area contributed by atoms with Gasteiger partial charge < -0.3 is 14.2 Å². The molecule has 1 saturated heterocycles. The molecule has 1 aromatic carbocycles. The molecule has 0 spiro atoms. The molecule has 0 bridgehead atoms. The van der Waals surface area contributed by atoms with Crippen molar-refractivity contribution < 1.29 is 14.2 Å². The van der Waals surface area contributed by atoms with Crippen LogP contribution in [0.4, 0.5) is 0 Å². The third-order valence-electron chi connectivity index (χ3n) is 4.41. The predicted molar refractivity (Wildman–Crippen MR) is 105 cm³/mol. The van der Waals surface area contributed by atoms with Gasteiger partial charge in [0.15, 0.2) is 0 Å². The molecular weight excluding hydrogens is 384 g/mol. The average Bonchev–Trinajstić information content (AvgIpc) is 3.05. The highest BCUT2D eigenvalue weighted by molar-refractivity contribution is 9.10. The smallest absolute Gasteiger partial charge is 0.224 e. The summed E-state index contributed by atoms with van der Waals surface area (Å²) in [5.41, 5.74) is 0.758. The second kappa shape index (κ2) is 9.43. The molecule has 0 N–H and O–H groups in total. The summed E-state index contributed by atoms with van der Waals surface area (Å²) in [7, 11) is 3.29. The molecule has 5 nitrogen and oxygen atoms in total. The second-order valence-electron chi connectivity index (χ2n) is 6.39. The normalized spacial score (nSPS) is 18.7. The molecule has 6 heteroatoms. The van der Waals surface area contributed by atoms with E-state index in [1.54, 1.807) is 14.2 Å². The summed E-state index contributed by atoms with van der Waals surface area (Å²) in [5.74, 6) is 1.95. The Morgan fingerprint density at radius 2 is 2.08 bits per heavy atom. The molecule has 140 valence electrons. The third kappa shape index (κ3) is 4.88. The van der Waals surface area contributed by atoms with Crippen molar-refractivity contribution in [2.75, 3.05) is 33.9 Å².